The number of nitrogens with one attached hydrogen (secondary N) is 2. The molecule has 5 nitrogen and oxygen atoms in total. The Kier molecular flexibility index (Phi) is 8.82. The Bertz CT molecular complexity index is 886. The molecule has 2 heterocycles. The first-order chi connectivity index (χ1) is 15.0. The predicted molar refractivity (Wildman–Crippen MR) is 143 cm³/mol. The Morgan fingerprint density at radius 1 is 1.12 bits per heavy atom. The van der Waals surface area contributed by atoms with Crippen LogP contribution in [-0.4, -0.2) is 49.7 Å². The van der Waals surface area contributed by atoms with E-state index in [2.05, 4.69) is 82.9 Å². The Hall–Kier alpha value is -1.80. The van der Waals surface area contributed by atoms with Gasteiger partial charge in [0, 0.05) is 38.7 Å². The first-order valence-electron chi connectivity index (χ1n) is 11.5. The van der Waals surface area contributed by atoms with E-state index in [9.17, 15) is 0 Å². The molecule has 0 bridgehead atoms. The molecule has 0 aromatic heterocycles. The zero-order valence-corrected chi connectivity index (χ0v) is 21.8. The summed E-state index contributed by atoms with van der Waals surface area (Å²) in [6, 6.07) is 19.3. The van der Waals surface area contributed by atoms with E-state index in [0.717, 1.165) is 44.2 Å². The van der Waals surface area contributed by atoms with Gasteiger partial charge in [0.1, 0.15) is 11.4 Å². The number of fused-ring (bicyclic) bond motifs is 1. The van der Waals surface area contributed by atoms with Gasteiger partial charge in [-0.3, -0.25) is 4.99 Å². The maximum Gasteiger partial charge on any atom is 0.191 e. The van der Waals surface area contributed by atoms with Crippen LogP contribution in [-0.2, 0) is 6.42 Å². The second-order valence-electron chi connectivity index (χ2n) is 9.44. The first kappa shape index (κ1) is 24.8. The summed E-state index contributed by atoms with van der Waals surface area (Å²) in [7, 11) is 1.85. The van der Waals surface area contributed by atoms with E-state index in [-0.39, 0.29) is 35.6 Å². The summed E-state index contributed by atoms with van der Waals surface area (Å²) in [5, 5.41) is 7.23. The van der Waals surface area contributed by atoms with Crippen LogP contribution in [0, 0.1) is 5.92 Å². The van der Waals surface area contributed by atoms with Crippen LogP contribution in [0.1, 0.15) is 43.9 Å². The molecule has 6 heteroatoms. The fourth-order valence-electron chi connectivity index (χ4n) is 4.75. The van der Waals surface area contributed by atoms with E-state index in [1.807, 2.05) is 13.1 Å². The smallest absolute Gasteiger partial charge is 0.191 e. The van der Waals surface area contributed by atoms with Gasteiger partial charge in [-0.1, -0.05) is 48.5 Å². The number of benzene rings is 2. The lowest BCUT2D eigenvalue weighted by atomic mass is 9.90. The van der Waals surface area contributed by atoms with Gasteiger partial charge in [0.25, 0.3) is 0 Å². The van der Waals surface area contributed by atoms with Crippen molar-refractivity contribution in [3.05, 3.63) is 65.7 Å². The second-order valence-corrected chi connectivity index (χ2v) is 9.44. The molecule has 0 aliphatic carbocycles. The van der Waals surface area contributed by atoms with Crippen LogP contribution < -0.4 is 15.4 Å². The minimum Gasteiger partial charge on any atom is -0.487 e. The van der Waals surface area contributed by atoms with Gasteiger partial charge in [0.15, 0.2) is 5.96 Å². The number of guanidine groups is 1. The van der Waals surface area contributed by atoms with Crippen molar-refractivity contribution in [3.8, 4) is 5.75 Å². The van der Waals surface area contributed by atoms with Gasteiger partial charge >= 0.3 is 0 Å². The third kappa shape index (κ3) is 6.61. The molecular formula is C26H37IN4O. The topological polar surface area (TPSA) is 48.9 Å². The molecule has 0 amide bonds. The zero-order chi connectivity index (χ0) is 21.7. The van der Waals surface area contributed by atoms with Crippen molar-refractivity contribution in [2.45, 2.75) is 44.8 Å². The molecule has 0 saturated carbocycles. The number of hydrogen-bond acceptors (Lipinski definition) is 3. The minimum absolute atomic E-state index is 0. The largest absolute Gasteiger partial charge is 0.487 e. The van der Waals surface area contributed by atoms with Crippen LogP contribution in [0.3, 0.4) is 0 Å². The molecule has 2 aliphatic heterocycles. The quantitative estimate of drug-likeness (QED) is 0.314. The molecule has 2 N–H and O–H groups in total. The van der Waals surface area contributed by atoms with E-state index in [1.54, 1.807) is 0 Å². The summed E-state index contributed by atoms with van der Waals surface area (Å²) in [5.74, 6) is 2.50. The maximum absolute atomic E-state index is 6.17. The summed E-state index contributed by atoms with van der Waals surface area (Å²) >= 11 is 0. The Morgan fingerprint density at radius 2 is 1.88 bits per heavy atom. The van der Waals surface area contributed by atoms with Crippen LogP contribution in [0.15, 0.2) is 59.6 Å². The van der Waals surface area contributed by atoms with Gasteiger partial charge in [-0.2, -0.15) is 0 Å². The van der Waals surface area contributed by atoms with Crippen molar-refractivity contribution in [1.29, 1.82) is 0 Å². The number of nitrogens with zero attached hydrogens (tertiary/aromatic N) is 2. The summed E-state index contributed by atoms with van der Waals surface area (Å²) in [6.07, 6.45) is 3.27. The summed E-state index contributed by atoms with van der Waals surface area (Å²) < 4.78 is 6.17. The van der Waals surface area contributed by atoms with Crippen molar-refractivity contribution in [2.24, 2.45) is 10.9 Å². The highest BCUT2D eigenvalue weighted by atomic mass is 127. The average molecular weight is 549 g/mol. The molecule has 0 spiro atoms. The average Bonchev–Trinajstić information content (AvgIpc) is 3.23. The number of likely N-dealkylation sites (tertiary alicyclic amines) is 1. The molecule has 0 radical (unpaired) electrons. The summed E-state index contributed by atoms with van der Waals surface area (Å²) in [6.45, 7) is 8.74. The number of aliphatic imine (C=N–C) groups is 1. The molecule has 2 aromatic carbocycles. The predicted octanol–water partition coefficient (Wildman–Crippen LogP) is 4.64. The lowest BCUT2D eigenvalue weighted by Crippen LogP contribution is -2.46. The number of hydrogen-bond donors (Lipinski definition) is 2. The fourth-order valence-corrected chi connectivity index (χ4v) is 4.75. The van der Waals surface area contributed by atoms with E-state index in [0.29, 0.717) is 5.92 Å². The van der Waals surface area contributed by atoms with Gasteiger partial charge in [-0.25, -0.2) is 0 Å². The highest BCUT2D eigenvalue weighted by Gasteiger charge is 2.34. The van der Waals surface area contributed by atoms with Crippen LogP contribution in [0.5, 0.6) is 5.75 Å². The van der Waals surface area contributed by atoms with Crippen LogP contribution in [0.4, 0.5) is 0 Å². The maximum atomic E-state index is 6.17. The summed E-state index contributed by atoms with van der Waals surface area (Å²) in [4.78, 5) is 7.09. The molecule has 2 atom stereocenters. The molecule has 32 heavy (non-hydrogen) atoms. The Labute approximate surface area is 210 Å². The van der Waals surface area contributed by atoms with E-state index < -0.39 is 0 Å². The SMILES string of the molecule is CN=C(NCC1CCN(CCc2ccccc2)C1)NC1CC(C)(C)Oc2ccccc21.I. The van der Waals surface area contributed by atoms with Gasteiger partial charge in [0.2, 0.25) is 0 Å². The monoisotopic (exact) mass is 548 g/mol. The standard InChI is InChI=1S/C26H36N4O.HI/c1-26(2)17-23(22-11-7-8-12-24(22)31-26)29-25(27-3)28-18-21-14-16-30(19-21)15-13-20-9-5-4-6-10-20;/h4-12,21,23H,13-19H2,1-3H3,(H2,27,28,29);1H. The molecule has 2 aliphatic rings. The number of para-hydroxylation sites is 1. The fraction of sp³-hybridized carbons (Fsp3) is 0.500. The molecule has 1 saturated heterocycles. The molecule has 4 rings (SSSR count). The van der Waals surface area contributed by atoms with E-state index >= 15 is 0 Å². The number of halogens is 1. The van der Waals surface area contributed by atoms with E-state index in [1.165, 1.54) is 24.1 Å². The molecule has 1 fully saturated rings. The molecule has 2 aromatic rings. The van der Waals surface area contributed by atoms with Gasteiger partial charge in [-0.15, -0.1) is 24.0 Å². The van der Waals surface area contributed by atoms with Gasteiger partial charge in [-0.05, 0) is 50.8 Å². The number of ether oxygens (including phenoxy) is 1. The van der Waals surface area contributed by atoms with Crippen molar-refractivity contribution in [1.82, 2.24) is 15.5 Å². The van der Waals surface area contributed by atoms with Crippen LogP contribution in [0.25, 0.3) is 0 Å². The van der Waals surface area contributed by atoms with Crippen molar-refractivity contribution in [3.63, 3.8) is 0 Å². The lowest BCUT2D eigenvalue weighted by Gasteiger charge is -2.38. The molecular weight excluding hydrogens is 511 g/mol. The Balaban J connectivity index is 0.00000289. The molecule has 2 unspecified atom stereocenters. The van der Waals surface area contributed by atoms with Crippen LogP contribution in [0.2, 0.25) is 0 Å². The highest BCUT2D eigenvalue weighted by molar-refractivity contribution is 14.0. The van der Waals surface area contributed by atoms with Crippen LogP contribution >= 0.6 is 24.0 Å². The number of rotatable bonds is 6. The first-order valence-corrected chi connectivity index (χ1v) is 11.5. The van der Waals surface area contributed by atoms with E-state index in [4.69, 9.17) is 4.74 Å². The van der Waals surface area contributed by atoms with Crippen molar-refractivity contribution >= 4 is 29.9 Å². The van der Waals surface area contributed by atoms with Crippen molar-refractivity contribution in [2.75, 3.05) is 33.2 Å². The Morgan fingerprint density at radius 3 is 2.66 bits per heavy atom. The molecule has 174 valence electrons. The minimum atomic E-state index is -0.199. The van der Waals surface area contributed by atoms with Gasteiger partial charge < -0.3 is 20.3 Å². The highest BCUT2D eigenvalue weighted by Crippen LogP contribution is 2.39. The lowest BCUT2D eigenvalue weighted by molar-refractivity contribution is 0.0694. The van der Waals surface area contributed by atoms with Gasteiger partial charge in [0.05, 0.1) is 6.04 Å². The van der Waals surface area contributed by atoms with Crippen molar-refractivity contribution < 1.29 is 4.74 Å². The summed E-state index contributed by atoms with van der Waals surface area (Å²) in [5.41, 5.74) is 2.43. The normalized spacial score (nSPS) is 22.4. The zero-order valence-electron chi connectivity index (χ0n) is 19.5. The third-order valence-electron chi connectivity index (χ3n) is 6.40. The third-order valence-corrected chi connectivity index (χ3v) is 6.40. The second kappa shape index (κ2) is 11.4.